The van der Waals surface area contributed by atoms with Gasteiger partial charge in [0.25, 0.3) is 5.56 Å². The van der Waals surface area contributed by atoms with E-state index in [1.807, 2.05) is 42.5 Å². The largest absolute Gasteiger partial charge is 0.292 e. The Kier molecular flexibility index (Phi) is 5.02. The minimum absolute atomic E-state index is 0.0111. The topological polar surface area (TPSA) is 34.9 Å². The van der Waals surface area contributed by atoms with Crippen molar-refractivity contribution in [2.24, 2.45) is 0 Å². The van der Waals surface area contributed by atoms with Crippen LogP contribution in [0.1, 0.15) is 24.7 Å². The molecule has 0 saturated carbocycles. The van der Waals surface area contributed by atoms with Crippen molar-refractivity contribution in [2.45, 2.75) is 26.3 Å². The summed E-state index contributed by atoms with van der Waals surface area (Å²) < 4.78 is 2.81. The highest BCUT2D eigenvalue weighted by Gasteiger charge is 2.11. The van der Waals surface area contributed by atoms with Crippen molar-refractivity contribution in [1.29, 1.82) is 0 Å². The summed E-state index contributed by atoms with van der Waals surface area (Å²) in [6.45, 7) is 2.58. The fraction of sp³-hybridized carbons (Fsp3) is 0.222. The minimum Gasteiger partial charge on any atom is -0.292 e. The quantitative estimate of drug-likeness (QED) is 0.556. The molecule has 3 aromatic rings. The molecule has 0 fully saturated rings. The van der Waals surface area contributed by atoms with Crippen LogP contribution in [0.4, 0.5) is 0 Å². The molecule has 3 nitrogen and oxygen atoms in total. The maximum absolute atomic E-state index is 13.0. The van der Waals surface area contributed by atoms with Gasteiger partial charge in [-0.3, -0.25) is 9.36 Å². The molecule has 1 heterocycles. The molecule has 0 saturated heterocycles. The maximum Gasteiger partial charge on any atom is 0.261 e. The highest BCUT2D eigenvalue weighted by Crippen LogP contribution is 2.16. The van der Waals surface area contributed by atoms with Crippen LogP contribution in [-0.4, -0.2) is 9.55 Å². The molecule has 0 bridgehead atoms. The normalized spacial score (nSPS) is 11.1. The van der Waals surface area contributed by atoms with E-state index in [1.165, 1.54) is 0 Å². The zero-order chi connectivity index (χ0) is 16.4. The molecule has 0 aliphatic rings. The molecular weight excluding hydrogens is 423 g/mol. The van der Waals surface area contributed by atoms with Crippen molar-refractivity contribution in [2.75, 3.05) is 0 Å². The molecule has 3 rings (SSSR count). The van der Waals surface area contributed by atoms with Crippen LogP contribution in [0, 0.1) is 3.57 Å². The Hall–Kier alpha value is -1.40. The van der Waals surface area contributed by atoms with E-state index >= 15 is 0 Å². The number of rotatable bonds is 4. The summed E-state index contributed by atoms with van der Waals surface area (Å²) in [7, 11) is 0. The van der Waals surface area contributed by atoms with E-state index in [2.05, 4.69) is 29.5 Å². The minimum atomic E-state index is 0.0111. The second-order valence-electron chi connectivity index (χ2n) is 5.46. The molecular formula is C18H16ClIN2O. The highest BCUT2D eigenvalue weighted by atomic mass is 127. The number of halogens is 2. The van der Waals surface area contributed by atoms with E-state index in [0.717, 1.165) is 33.3 Å². The third-order valence-corrected chi connectivity index (χ3v) is 4.60. The first-order chi connectivity index (χ1) is 11.1. The maximum atomic E-state index is 13.0. The van der Waals surface area contributed by atoms with Gasteiger partial charge in [-0.15, -0.1) is 0 Å². The van der Waals surface area contributed by atoms with Gasteiger partial charge in [-0.1, -0.05) is 30.7 Å². The van der Waals surface area contributed by atoms with Gasteiger partial charge in [0.15, 0.2) is 0 Å². The first kappa shape index (κ1) is 16.5. The summed E-state index contributed by atoms with van der Waals surface area (Å²) in [4.78, 5) is 17.7. The molecule has 0 spiro atoms. The van der Waals surface area contributed by atoms with Gasteiger partial charge in [-0.2, -0.15) is 0 Å². The van der Waals surface area contributed by atoms with Crippen LogP contribution >= 0.6 is 34.2 Å². The molecule has 1 aromatic heterocycles. The van der Waals surface area contributed by atoms with Crippen LogP contribution in [0.5, 0.6) is 0 Å². The van der Waals surface area contributed by atoms with E-state index in [4.69, 9.17) is 16.6 Å². The van der Waals surface area contributed by atoms with Crippen molar-refractivity contribution in [3.05, 3.63) is 72.8 Å². The van der Waals surface area contributed by atoms with E-state index in [1.54, 1.807) is 4.57 Å². The predicted molar refractivity (Wildman–Crippen MR) is 103 cm³/mol. The third kappa shape index (κ3) is 3.58. The Bertz CT molecular complexity index is 921. The van der Waals surface area contributed by atoms with E-state index in [-0.39, 0.29) is 5.56 Å². The van der Waals surface area contributed by atoms with Crippen molar-refractivity contribution in [3.63, 3.8) is 0 Å². The van der Waals surface area contributed by atoms with Gasteiger partial charge in [-0.25, -0.2) is 4.98 Å². The fourth-order valence-corrected chi connectivity index (χ4v) is 3.34. The smallest absolute Gasteiger partial charge is 0.261 e. The Morgan fingerprint density at radius 1 is 1.22 bits per heavy atom. The molecule has 0 atom stereocenters. The van der Waals surface area contributed by atoms with Crippen LogP contribution < -0.4 is 5.56 Å². The number of fused-ring (bicyclic) bond motifs is 1. The van der Waals surface area contributed by atoms with Gasteiger partial charge in [0.1, 0.15) is 5.82 Å². The van der Waals surface area contributed by atoms with E-state index in [0.29, 0.717) is 17.0 Å². The van der Waals surface area contributed by atoms with E-state index in [9.17, 15) is 4.79 Å². The summed E-state index contributed by atoms with van der Waals surface area (Å²) >= 11 is 8.28. The lowest BCUT2D eigenvalue weighted by Gasteiger charge is -2.13. The average Bonchev–Trinajstić information content (AvgIpc) is 2.52. The van der Waals surface area contributed by atoms with Crippen molar-refractivity contribution >= 4 is 45.1 Å². The molecule has 5 heteroatoms. The van der Waals surface area contributed by atoms with Crippen molar-refractivity contribution in [3.8, 4) is 0 Å². The number of aryl methyl sites for hydroxylation is 1. The molecule has 0 radical (unpaired) electrons. The van der Waals surface area contributed by atoms with Gasteiger partial charge in [0, 0.05) is 15.0 Å². The Balaban J connectivity index is 2.18. The van der Waals surface area contributed by atoms with Crippen LogP contribution in [0.2, 0.25) is 5.02 Å². The molecule has 0 amide bonds. The molecule has 118 valence electrons. The Labute approximate surface area is 153 Å². The number of nitrogens with zero attached hydrogens (tertiary/aromatic N) is 2. The van der Waals surface area contributed by atoms with Crippen LogP contribution in [0.15, 0.2) is 47.3 Å². The summed E-state index contributed by atoms with van der Waals surface area (Å²) in [6.07, 6.45) is 1.72. The summed E-state index contributed by atoms with van der Waals surface area (Å²) in [6, 6.07) is 13.4. The standard InChI is InChI=1S/C18H16ClIN2O/c1-2-4-17-21-16-8-7-14(20)10-15(16)18(23)22(17)11-12-5-3-6-13(19)9-12/h3,5-10H,2,4,11H2,1H3. The van der Waals surface area contributed by atoms with E-state index < -0.39 is 0 Å². The Morgan fingerprint density at radius 2 is 2.04 bits per heavy atom. The van der Waals surface area contributed by atoms with Crippen LogP contribution in [-0.2, 0) is 13.0 Å². The first-order valence-electron chi connectivity index (χ1n) is 7.52. The molecule has 0 aliphatic carbocycles. The molecule has 0 N–H and O–H groups in total. The van der Waals surface area contributed by atoms with Crippen molar-refractivity contribution in [1.82, 2.24) is 9.55 Å². The summed E-state index contributed by atoms with van der Waals surface area (Å²) in [5.74, 6) is 0.825. The second-order valence-corrected chi connectivity index (χ2v) is 7.14. The van der Waals surface area contributed by atoms with Crippen LogP contribution in [0.3, 0.4) is 0 Å². The molecule has 2 aromatic carbocycles. The van der Waals surface area contributed by atoms with Gasteiger partial charge >= 0.3 is 0 Å². The number of hydrogen-bond acceptors (Lipinski definition) is 2. The SMILES string of the molecule is CCCc1nc2ccc(I)cc2c(=O)n1Cc1cccc(Cl)c1. The zero-order valence-electron chi connectivity index (χ0n) is 12.7. The van der Waals surface area contributed by atoms with Gasteiger partial charge < -0.3 is 0 Å². The van der Waals surface area contributed by atoms with Gasteiger partial charge in [-0.05, 0) is 64.9 Å². The third-order valence-electron chi connectivity index (χ3n) is 3.70. The predicted octanol–water partition coefficient (Wildman–Crippen LogP) is 4.66. The lowest BCUT2D eigenvalue weighted by Crippen LogP contribution is -2.26. The Morgan fingerprint density at radius 3 is 2.78 bits per heavy atom. The second kappa shape index (κ2) is 7.01. The van der Waals surface area contributed by atoms with Crippen molar-refractivity contribution < 1.29 is 0 Å². The van der Waals surface area contributed by atoms with Gasteiger partial charge in [0.05, 0.1) is 17.4 Å². The fourth-order valence-electron chi connectivity index (χ4n) is 2.63. The zero-order valence-corrected chi connectivity index (χ0v) is 15.6. The molecule has 23 heavy (non-hydrogen) atoms. The molecule has 0 unspecified atom stereocenters. The monoisotopic (exact) mass is 438 g/mol. The van der Waals surface area contributed by atoms with Gasteiger partial charge in [0.2, 0.25) is 0 Å². The summed E-state index contributed by atoms with van der Waals surface area (Å²) in [5, 5.41) is 1.34. The molecule has 0 aliphatic heterocycles. The summed E-state index contributed by atoms with van der Waals surface area (Å²) in [5.41, 5.74) is 1.78. The lowest BCUT2D eigenvalue weighted by atomic mass is 10.2. The number of aromatic nitrogens is 2. The first-order valence-corrected chi connectivity index (χ1v) is 8.97. The number of benzene rings is 2. The highest BCUT2D eigenvalue weighted by molar-refractivity contribution is 14.1. The average molecular weight is 439 g/mol. The lowest BCUT2D eigenvalue weighted by molar-refractivity contribution is 0.665. The number of hydrogen-bond donors (Lipinski definition) is 0. The van der Waals surface area contributed by atoms with Crippen LogP contribution in [0.25, 0.3) is 10.9 Å².